The zero-order valence-corrected chi connectivity index (χ0v) is 20.3. The van der Waals surface area contributed by atoms with Crippen LogP contribution in [0.25, 0.3) is 0 Å². The summed E-state index contributed by atoms with van der Waals surface area (Å²) in [7, 11) is -2.87. The van der Waals surface area contributed by atoms with E-state index in [0.717, 1.165) is 6.07 Å². The molecule has 0 aliphatic rings. The predicted molar refractivity (Wildman–Crippen MR) is 132 cm³/mol. The van der Waals surface area contributed by atoms with Gasteiger partial charge in [-0.15, -0.1) is 0 Å². The van der Waals surface area contributed by atoms with Crippen molar-refractivity contribution >= 4 is 39.2 Å². The Kier molecular flexibility index (Phi) is 8.80. The summed E-state index contributed by atoms with van der Waals surface area (Å²) >= 11 is 0. The molecule has 3 aromatic rings. The maximum atomic E-state index is 13.6. The number of carboxylic acids is 1. The number of nitrogens with one attached hydrogen (secondary N) is 2. The second-order valence-electron chi connectivity index (χ2n) is 7.61. The Morgan fingerprint density at radius 1 is 0.946 bits per heavy atom. The minimum absolute atomic E-state index is 0.144. The molecule has 37 heavy (non-hydrogen) atoms. The highest BCUT2D eigenvalue weighted by Gasteiger charge is 2.34. The van der Waals surface area contributed by atoms with E-state index in [-0.39, 0.29) is 10.6 Å². The Morgan fingerprint density at radius 2 is 1.59 bits per heavy atom. The highest BCUT2D eigenvalue weighted by atomic mass is 32.2. The number of benzene rings is 3. The Hall–Kier alpha value is -4.45. The lowest BCUT2D eigenvalue weighted by molar-refractivity contribution is -0.136. The minimum Gasteiger partial charge on any atom is -0.497 e. The highest BCUT2D eigenvalue weighted by molar-refractivity contribution is 7.92. The van der Waals surface area contributed by atoms with E-state index < -0.39 is 51.9 Å². The van der Waals surface area contributed by atoms with Crippen LogP contribution >= 0.6 is 0 Å². The number of para-hydroxylation sites is 1. The summed E-state index contributed by atoms with van der Waals surface area (Å²) in [4.78, 5) is 35.6. The van der Waals surface area contributed by atoms with Gasteiger partial charge in [0.15, 0.2) is 15.1 Å². The van der Waals surface area contributed by atoms with Gasteiger partial charge in [-0.05, 0) is 60.7 Å². The van der Waals surface area contributed by atoms with Crippen molar-refractivity contribution in [1.82, 2.24) is 0 Å². The normalized spacial score (nSPS) is 11.7. The van der Waals surface area contributed by atoms with Gasteiger partial charge in [0, 0.05) is 17.7 Å². The summed E-state index contributed by atoms with van der Waals surface area (Å²) in [6.07, 6.45) is -1.61. The van der Waals surface area contributed by atoms with Crippen LogP contribution in [0.5, 0.6) is 5.75 Å². The van der Waals surface area contributed by atoms with Crippen LogP contribution in [0.2, 0.25) is 0 Å². The topological polar surface area (TPSA) is 148 Å². The lowest BCUT2D eigenvalue weighted by atomic mass is 10.2. The first-order valence-corrected chi connectivity index (χ1v) is 12.4. The molecule has 0 heterocycles. The number of rotatable bonds is 10. The van der Waals surface area contributed by atoms with E-state index >= 15 is 0 Å². The Labute approximate surface area is 211 Å². The molecular formula is C25H23FN2O8S. The van der Waals surface area contributed by atoms with Crippen molar-refractivity contribution in [3.8, 4) is 5.75 Å². The van der Waals surface area contributed by atoms with Gasteiger partial charge in [-0.3, -0.25) is 14.9 Å². The molecule has 0 saturated heterocycles. The van der Waals surface area contributed by atoms with Gasteiger partial charge in [-0.25, -0.2) is 17.6 Å². The molecule has 12 heteroatoms. The highest BCUT2D eigenvalue weighted by Crippen LogP contribution is 2.22. The molecular weight excluding hydrogens is 507 g/mol. The molecule has 1 unspecified atom stereocenters. The maximum absolute atomic E-state index is 13.6. The largest absolute Gasteiger partial charge is 0.497 e. The van der Waals surface area contributed by atoms with Crippen LogP contribution in [-0.2, 0) is 19.4 Å². The van der Waals surface area contributed by atoms with Crippen LogP contribution in [0, 0.1) is 5.82 Å². The van der Waals surface area contributed by atoms with E-state index in [1.54, 1.807) is 24.3 Å². The van der Waals surface area contributed by atoms with E-state index in [2.05, 4.69) is 10.6 Å². The summed E-state index contributed by atoms with van der Waals surface area (Å²) in [6, 6.07) is 16.7. The first-order chi connectivity index (χ1) is 17.6. The molecule has 3 rings (SSSR count). The number of amides is 2. The van der Waals surface area contributed by atoms with Gasteiger partial charge in [0.25, 0.3) is 5.91 Å². The number of carbonyl (C=O) groups is 3. The van der Waals surface area contributed by atoms with Crippen molar-refractivity contribution in [1.29, 1.82) is 0 Å². The number of aliphatic carboxylic acids is 1. The van der Waals surface area contributed by atoms with Crippen LogP contribution < -0.4 is 15.4 Å². The minimum atomic E-state index is -4.37. The smallest absolute Gasteiger partial charge is 0.411 e. The molecule has 0 aromatic heterocycles. The lowest BCUT2D eigenvalue weighted by Gasteiger charge is -2.15. The fraction of sp³-hybridized carbons (Fsp3) is 0.160. The number of hydrogen-bond acceptors (Lipinski definition) is 7. The number of carboxylic acid groups (broad SMARTS) is 1. The van der Waals surface area contributed by atoms with Crippen LogP contribution in [0.4, 0.5) is 20.6 Å². The second-order valence-corrected chi connectivity index (χ2v) is 9.74. The summed E-state index contributed by atoms with van der Waals surface area (Å²) in [6.45, 7) is -0.549. The number of halogens is 1. The third-order valence-corrected chi connectivity index (χ3v) is 7.28. The van der Waals surface area contributed by atoms with Crippen LogP contribution in [-0.4, -0.2) is 50.5 Å². The zero-order valence-electron chi connectivity index (χ0n) is 19.5. The standard InChI is InChI=1S/C25H23FN2O8S/c1-35-18-10-6-16(7-11-18)23(29)27-17-8-12-19(13-9-17)37(33,34)22(24(30)31)14-15-36-25(32)28-21-5-3-2-4-20(21)26/h2-13,22H,14-15H2,1H3,(H,27,29)(H,28,32)(H,30,31). The lowest BCUT2D eigenvalue weighted by Crippen LogP contribution is -2.32. The SMILES string of the molecule is COc1ccc(C(=O)Nc2ccc(S(=O)(=O)C(CCOC(=O)Nc3ccccc3F)C(=O)O)cc2)cc1. The molecule has 1 atom stereocenters. The molecule has 0 spiro atoms. The Balaban J connectivity index is 1.61. The van der Waals surface area contributed by atoms with E-state index in [9.17, 15) is 32.3 Å². The van der Waals surface area contributed by atoms with Gasteiger partial charge < -0.3 is 19.9 Å². The van der Waals surface area contributed by atoms with Gasteiger partial charge in [-0.1, -0.05) is 12.1 Å². The quantitative estimate of drug-likeness (QED) is 0.357. The zero-order chi connectivity index (χ0) is 27.0. The predicted octanol–water partition coefficient (Wildman–Crippen LogP) is 3.95. The second kappa shape index (κ2) is 12.0. The van der Waals surface area contributed by atoms with Gasteiger partial charge in [0.2, 0.25) is 0 Å². The Bertz CT molecular complexity index is 1380. The summed E-state index contributed by atoms with van der Waals surface area (Å²) < 4.78 is 49.3. The number of carbonyl (C=O) groups excluding carboxylic acids is 2. The maximum Gasteiger partial charge on any atom is 0.411 e. The molecule has 0 saturated carbocycles. The fourth-order valence-corrected chi connectivity index (χ4v) is 4.73. The van der Waals surface area contributed by atoms with Crippen molar-refractivity contribution in [2.24, 2.45) is 0 Å². The first kappa shape index (κ1) is 27.1. The number of anilines is 2. The van der Waals surface area contributed by atoms with Crippen molar-refractivity contribution in [2.75, 3.05) is 24.4 Å². The van der Waals surface area contributed by atoms with Crippen LogP contribution in [0.3, 0.4) is 0 Å². The van der Waals surface area contributed by atoms with Crippen LogP contribution in [0.15, 0.2) is 77.7 Å². The van der Waals surface area contributed by atoms with Gasteiger partial charge in [0.1, 0.15) is 11.6 Å². The number of ether oxygens (including phenoxy) is 2. The van der Waals surface area contributed by atoms with E-state index in [1.165, 1.54) is 49.6 Å². The van der Waals surface area contributed by atoms with E-state index in [1.807, 2.05) is 0 Å². The average Bonchev–Trinajstić information content (AvgIpc) is 2.88. The summed E-state index contributed by atoms with van der Waals surface area (Å²) in [5, 5.41) is 12.3. The van der Waals surface area contributed by atoms with Crippen molar-refractivity contribution in [3.63, 3.8) is 0 Å². The fourth-order valence-electron chi connectivity index (χ4n) is 3.22. The van der Waals surface area contributed by atoms with Gasteiger partial charge >= 0.3 is 12.1 Å². The summed E-state index contributed by atoms with van der Waals surface area (Å²) in [5.74, 6) is -2.19. The number of sulfone groups is 1. The number of hydrogen-bond donors (Lipinski definition) is 3. The molecule has 0 aliphatic carbocycles. The summed E-state index contributed by atoms with van der Waals surface area (Å²) in [5.41, 5.74) is 0.497. The third-order valence-electron chi connectivity index (χ3n) is 5.17. The van der Waals surface area contributed by atoms with E-state index in [0.29, 0.717) is 17.0 Å². The van der Waals surface area contributed by atoms with Crippen molar-refractivity contribution in [2.45, 2.75) is 16.6 Å². The molecule has 0 radical (unpaired) electrons. The van der Waals surface area contributed by atoms with Gasteiger partial charge in [0.05, 0.1) is 24.3 Å². The molecule has 2 amide bonds. The number of methoxy groups -OCH3 is 1. The molecule has 10 nitrogen and oxygen atoms in total. The molecule has 194 valence electrons. The molecule has 0 aliphatic heterocycles. The van der Waals surface area contributed by atoms with Crippen molar-refractivity contribution in [3.05, 3.63) is 84.2 Å². The van der Waals surface area contributed by atoms with Crippen LogP contribution in [0.1, 0.15) is 16.8 Å². The van der Waals surface area contributed by atoms with Gasteiger partial charge in [-0.2, -0.15) is 0 Å². The molecule has 3 N–H and O–H groups in total. The Morgan fingerprint density at radius 3 is 2.19 bits per heavy atom. The third kappa shape index (κ3) is 7.04. The molecule has 3 aromatic carbocycles. The molecule has 0 bridgehead atoms. The van der Waals surface area contributed by atoms with Crippen molar-refractivity contribution < 1.29 is 41.8 Å². The first-order valence-electron chi connectivity index (χ1n) is 10.8. The average molecular weight is 531 g/mol. The molecule has 0 fully saturated rings. The van der Waals surface area contributed by atoms with E-state index in [4.69, 9.17) is 9.47 Å². The monoisotopic (exact) mass is 530 g/mol.